The fraction of sp³-hybridized carbons (Fsp3) is 0.0870. The molecule has 29 heavy (non-hydrogen) atoms. The molecule has 0 aliphatic heterocycles. The molecule has 0 aliphatic carbocycles. The minimum Gasteiger partial charge on any atom is -0.426 e. The first kappa shape index (κ1) is 18.8. The zero-order valence-corrected chi connectivity index (χ0v) is 16.7. The number of aromatic nitrogens is 1. The molecule has 0 saturated heterocycles. The van der Waals surface area contributed by atoms with Crippen LogP contribution in [0.4, 0.5) is 5.69 Å². The number of fused-ring (bicyclic) bond motifs is 1. The van der Waals surface area contributed by atoms with Crippen molar-refractivity contribution in [3.05, 3.63) is 77.9 Å². The first-order valence-electron chi connectivity index (χ1n) is 9.06. The lowest BCUT2D eigenvalue weighted by Gasteiger charge is -2.09. The smallest absolute Gasteiger partial charge is 0.308 e. The first-order valence-corrected chi connectivity index (χ1v) is 9.88. The number of rotatable bonds is 4. The van der Waals surface area contributed by atoms with Crippen molar-refractivity contribution in [1.29, 1.82) is 0 Å². The number of nitrogens with zero attached hydrogens (tertiary/aromatic N) is 1. The predicted molar refractivity (Wildman–Crippen MR) is 115 cm³/mol. The van der Waals surface area contributed by atoms with Crippen LogP contribution >= 0.6 is 11.3 Å². The van der Waals surface area contributed by atoms with Gasteiger partial charge in [0.1, 0.15) is 10.8 Å². The molecule has 0 spiro atoms. The van der Waals surface area contributed by atoms with E-state index in [2.05, 4.69) is 29.4 Å². The normalized spacial score (nSPS) is 10.7. The van der Waals surface area contributed by atoms with Crippen LogP contribution in [0.2, 0.25) is 0 Å². The third kappa shape index (κ3) is 4.17. The van der Waals surface area contributed by atoms with Gasteiger partial charge in [-0.1, -0.05) is 18.2 Å². The molecule has 0 saturated carbocycles. The molecule has 1 amide bonds. The van der Waals surface area contributed by atoms with E-state index in [1.807, 2.05) is 30.3 Å². The van der Waals surface area contributed by atoms with Crippen molar-refractivity contribution < 1.29 is 14.3 Å². The Bertz CT molecular complexity index is 1210. The number of benzene rings is 3. The number of esters is 1. The summed E-state index contributed by atoms with van der Waals surface area (Å²) in [5.74, 6) is -0.579. The van der Waals surface area contributed by atoms with E-state index in [1.54, 1.807) is 35.6 Å². The maximum atomic E-state index is 12.6. The lowest BCUT2D eigenvalue weighted by atomic mass is 10.1. The number of thiazole rings is 1. The lowest BCUT2D eigenvalue weighted by Crippen LogP contribution is -2.14. The van der Waals surface area contributed by atoms with Gasteiger partial charge in [-0.05, 0) is 61.0 Å². The molecular formula is C23H18N2O3S. The minimum absolute atomic E-state index is 0.235. The average Bonchev–Trinajstić information content (AvgIpc) is 3.11. The molecule has 6 heteroatoms. The van der Waals surface area contributed by atoms with Crippen LogP contribution in [-0.4, -0.2) is 16.9 Å². The van der Waals surface area contributed by atoms with Gasteiger partial charge < -0.3 is 10.1 Å². The highest BCUT2D eigenvalue weighted by Gasteiger charge is 2.14. The summed E-state index contributed by atoms with van der Waals surface area (Å²) in [7, 11) is 0. The van der Waals surface area contributed by atoms with Gasteiger partial charge in [0.15, 0.2) is 0 Å². The Hall–Kier alpha value is -3.51. The number of nitrogens with one attached hydrogen (secondary N) is 1. The largest absolute Gasteiger partial charge is 0.426 e. The van der Waals surface area contributed by atoms with E-state index in [0.717, 1.165) is 20.8 Å². The summed E-state index contributed by atoms with van der Waals surface area (Å²) >= 11 is 1.64. The second-order valence-electron chi connectivity index (χ2n) is 6.61. The maximum Gasteiger partial charge on any atom is 0.308 e. The Kier molecular flexibility index (Phi) is 5.10. The van der Waals surface area contributed by atoms with E-state index < -0.39 is 5.97 Å². The van der Waals surface area contributed by atoms with Crippen LogP contribution in [0.3, 0.4) is 0 Å². The summed E-state index contributed by atoms with van der Waals surface area (Å²) in [5.41, 5.74) is 4.12. The molecule has 4 rings (SSSR count). The van der Waals surface area contributed by atoms with Gasteiger partial charge in [-0.15, -0.1) is 11.3 Å². The number of hydrogen-bond acceptors (Lipinski definition) is 5. The highest BCUT2D eigenvalue weighted by atomic mass is 32.1. The van der Waals surface area contributed by atoms with E-state index in [0.29, 0.717) is 11.3 Å². The van der Waals surface area contributed by atoms with Gasteiger partial charge >= 0.3 is 5.97 Å². The Morgan fingerprint density at radius 2 is 1.76 bits per heavy atom. The molecule has 0 radical (unpaired) electrons. The van der Waals surface area contributed by atoms with Gasteiger partial charge in [0, 0.05) is 18.2 Å². The number of para-hydroxylation sites is 1. The third-order valence-corrected chi connectivity index (χ3v) is 5.39. The van der Waals surface area contributed by atoms with Crippen LogP contribution in [0.15, 0.2) is 66.7 Å². The summed E-state index contributed by atoms with van der Waals surface area (Å²) in [4.78, 5) is 28.5. The van der Waals surface area contributed by atoms with Gasteiger partial charge in [-0.25, -0.2) is 4.98 Å². The van der Waals surface area contributed by atoms with E-state index in [9.17, 15) is 9.59 Å². The zero-order chi connectivity index (χ0) is 20.4. The molecule has 0 atom stereocenters. The monoisotopic (exact) mass is 402 g/mol. The quantitative estimate of drug-likeness (QED) is 0.364. The highest BCUT2D eigenvalue weighted by Crippen LogP contribution is 2.31. The average molecular weight is 402 g/mol. The Balaban J connectivity index is 1.54. The Morgan fingerprint density at radius 1 is 1.00 bits per heavy atom. The molecule has 4 aromatic rings. The molecule has 0 unspecified atom stereocenters. The molecule has 0 aliphatic rings. The van der Waals surface area contributed by atoms with Crippen LogP contribution in [0.25, 0.3) is 20.8 Å². The number of amides is 1. The van der Waals surface area contributed by atoms with Gasteiger partial charge in [0.2, 0.25) is 0 Å². The van der Waals surface area contributed by atoms with Gasteiger partial charge in [0.25, 0.3) is 5.91 Å². The van der Waals surface area contributed by atoms with E-state index in [4.69, 9.17) is 4.74 Å². The molecule has 3 aromatic carbocycles. The molecular weight excluding hydrogens is 384 g/mol. The van der Waals surface area contributed by atoms with Crippen molar-refractivity contribution in [2.75, 3.05) is 5.32 Å². The number of aryl methyl sites for hydroxylation is 1. The second kappa shape index (κ2) is 7.85. The minimum atomic E-state index is -0.472. The van der Waals surface area contributed by atoms with E-state index >= 15 is 0 Å². The van der Waals surface area contributed by atoms with Crippen LogP contribution in [-0.2, 0) is 4.79 Å². The molecule has 1 aromatic heterocycles. The Morgan fingerprint density at radius 3 is 2.52 bits per heavy atom. The molecule has 5 nitrogen and oxygen atoms in total. The van der Waals surface area contributed by atoms with Crippen molar-refractivity contribution in [3.8, 4) is 16.3 Å². The van der Waals surface area contributed by atoms with Crippen LogP contribution in [0, 0.1) is 6.92 Å². The maximum absolute atomic E-state index is 12.6. The number of carbonyl (C=O) groups is 2. The van der Waals surface area contributed by atoms with E-state index in [1.165, 1.54) is 12.5 Å². The fourth-order valence-electron chi connectivity index (χ4n) is 2.95. The molecule has 0 bridgehead atoms. The predicted octanol–water partition coefficient (Wildman–Crippen LogP) is 5.45. The second-order valence-corrected chi connectivity index (χ2v) is 7.64. The van der Waals surface area contributed by atoms with Crippen molar-refractivity contribution >= 4 is 39.1 Å². The van der Waals surface area contributed by atoms with E-state index in [-0.39, 0.29) is 11.7 Å². The Labute approximate surface area is 172 Å². The van der Waals surface area contributed by atoms with Gasteiger partial charge in [-0.2, -0.15) is 0 Å². The van der Waals surface area contributed by atoms with Crippen molar-refractivity contribution in [3.63, 3.8) is 0 Å². The summed E-state index contributed by atoms with van der Waals surface area (Å²) in [6.45, 7) is 3.37. The summed E-state index contributed by atoms with van der Waals surface area (Å²) in [6.07, 6.45) is 0. The zero-order valence-electron chi connectivity index (χ0n) is 15.9. The molecule has 0 fully saturated rings. The standard InChI is InChI=1S/C23H18N2O3S/c1-14-7-12-19-21(13-14)29-23(25-19)16-8-10-17(11-9-16)24-22(27)18-5-3-4-6-20(18)28-15(2)26/h3-13H,1-2H3,(H,24,27). The van der Waals surface area contributed by atoms with Gasteiger partial charge in [-0.3, -0.25) is 9.59 Å². The van der Waals surface area contributed by atoms with Gasteiger partial charge in [0.05, 0.1) is 15.8 Å². The number of anilines is 1. The van der Waals surface area contributed by atoms with Crippen LogP contribution in [0.5, 0.6) is 5.75 Å². The summed E-state index contributed by atoms with van der Waals surface area (Å²) in [6, 6.07) is 20.4. The number of hydrogen-bond donors (Lipinski definition) is 1. The SMILES string of the molecule is CC(=O)Oc1ccccc1C(=O)Nc1ccc(-c2nc3ccc(C)cc3s2)cc1. The molecule has 144 valence electrons. The summed E-state index contributed by atoms with van der Waals surface area (Å²) < 4.78 is 6.26. The molecule has 1 heterocycles. The number of ether oxygens (including phenoxy) is 1. The topological polar surface area (TPSA) is 68.3 Å². The molecule has 1 N–H and O–H groups in total. The summed E-state index contributed by atoms with van der Waals surface area (Å²) in [5, 5.41) is 3.77. The highest BCUT2D eigenvalue weighted by molar-refractivity contribution is 7.21. The van der Waals surface area contributed by atoms with Crippen molar-refractivity contribution in [2.45, 2.75) is 13.8 Å². The fourth-order valence-corrected chi connectivity index (χ4v) is 4.02. The number of carbonyl (C=O) groups excluding carboxylic acids is 2. The van der Waals surface area contributed by atoms with Crippen molar-refractivity contribution in [2.24, 2.45) is 0 Å². The first-order chi connectivity index (χ1) is 14.0. The third-order valence-electron chi connectivity index (χ3n) is 4.32. The lowest BCUT2D eigenvalue weighted by molar-refractivity contribution is -0.131. The van der Waals surface area contributed by atoms with Crippen LogP contribution < -0.4 is 10.1 Å². The van der Waals surface area contributed by atoms with Crippen LogP contribution in [0.1, 0.15) is 22.8 Å². The van der Waals surface area contributed by atoms with Crippen molar-refractivity contribution in [1.82, 2.24) is 4.98 Å².